The second-order valence-corrected chi connectivity index (χ2v) is 13.8. The van der Waals surface area contributed by atoms with Crippen LogP contribution in [0.1, 0.15) is 89.9 Å². The molecule has 4 aliphatic rings. The van der Waals surface area contributed by atoms with Gasteiger partial charge < -0.3 is 4.74 Å². The fourth-order valence-corrected chi connectivity index (χ4v) is 9.73. The van der Waals surface area contributed by atoms with Gasteiger partial charge in [0.05, 0.1) is 0 Å². The molecule has 0 radical (unpaired) electrons. The van der Waals surface area contributed by atoms with E-state index in [-0.39, 0.29) is 34.1 Å². The molecular weight excluding hydrogens is 476 g/mol. The molecule has 0 bridgehead atoms. The van der Waals surface area contributed by atoms with Crippen LogP contribution in [-0.4, -0.2) is 17.2 Å². The molecule has 35 heavy (non-hydrogen) atoms. The molecule has 0 amide bonds. The van der Waals surface area contributed by atoms with Crippen molar-refractivity contribution in [1.29, 1.82) is 0 Å². The number of allylic oxidation sites excluding steroid dienone is 1. The number of ether oxygens (including phenoxy) is 1. The van der Waals surface area contributed by atoms with Crippen molar-refractivity contribution in [3.8, 4) is 0 Å². The SMILES string of the molecule is CC(=O)O[C@H]1CC[C@@]2(C)C(=CC[C@H]3[C@@H]4CC[C@H](C(=O)S[C@@H](C)c5ccc(Cl)cc5)[C@@]4(C)CC[C@@H]32)C1. The van der Waals surface area contributed by atoms with E-state index in [9.17, 15) is 9.59 Å². The van der Waals surface area contributed by atoms with Crippen LogP contribution in [0.25, 0.3) is 0 Å². The zero-order valence-corrected chi connectivity index (χ0v) is 23.1. The average molecular weight is 515 g/mol. The first-order valence-corrected chi connectivity index (χ1v) is 14.7. The Morgan fingerprint density at radius 2 is 1.80 bits per heavy atom. The lowest BCUT2D eigenvalue weighted by atomic mass is 9.47. The van der Waals surface area contributed by atoms with E-state index in [1.807, 2.05) is 24.3 Å². The minimum atomic E-state index is -0.161. The van der Waals surface area contributed by atoms with Crippen molar-refractivity contribution < 1.29 is 14.3 Å². The predicted molar refractivity (Wildman–Crippen MR) is 143 cm³/mol. The Hall–Kier alpha value is -1.26. The molecule has 1 aromatic rings. The number of thioether (sulfide) groups is 1. The smallest absolute Gasteiger partial charge is 0.302 e. The molecule has 4 aliphatic carbocycles. The van der Waals surface area contributed by atoms with Crippen LogP contribution in [0, 0.1) is 34.5 Å². The van der Waals surface area contributed by atoms with E-state index in [1.165, 1.54) is 42.7 Å². The Kier molecular flexibility index (Phi) is 6.94. The van der Waals surface area contributed by atoms with Crippen molar-refractivity contribution in [3.05, 3.63) is 46.5 Å². The summed E-state index contributed by atoms with van der Waals surface area (Å²) < 4.78 is 5.59. The first-order chi connectivity index (χ1) is 16.6. The molecule has 5 rings (SSSR count). The van der Waals surface area contributed by atoms with Crippen molar-refractivity contribution in [2.75, 3.05) is 0 Å². The molecule has 0 N–H and O–H groups in total. The summed E-state index contributed by atoms with van der Waals surface area (Å²) in [7, 11) is 0. The maximum Gasteiger partial charge on any atom is 0.302 e. The normalized spacial score (nSPS) is 39.0. The number of esters is 1. The van der Waals surface area contributed by atoms with Crippen molar-refractivity contribution in [2.45, 2.75) is 90.4 Å². The minimum absolute atomic E-state index is 0.0466. The molecule has 0 spiro atoms. The average Bonchev–Trinajstić information content (AvgIpc) is 3.16. The third-order valence-electron chi connectivity index (χ3n) is 10.3. The molecule has 8 atom stereocenters. The van der Waals surface area contributed by atoms with Crippen LogP contribution in [0.4, 0.5) is 0 Å². The lowest BCUT2D eigenvalue weighted by Crippen LogP contribution is -2.51. The van der Waals surface area contributed by atoms with Crippen LogP contribution in [0.2, 0.25) is 5.02 Å². The molecular formula is C30H39ClO3S. The number of carbonyl (C=O) groups excluding carboxylic acids is 2. The second kappa shape index (κ2) is 9.56. The van der Waals surface area contributed by atoms with Gasteiger partial charge in [-0.3, -0.25) is 9.59 Å². The molecule has 190 valence electrons. The summed E-state index contributed by atoms with van der Waals surface area (Å²) in [5.74, 6) is 1.98. The van der Waals surface area contributed by atoms with Gasteiger partial charge in [-0.15, -0.1) is 0 Å². The number of halogens is 1. The first-order valence-electron chi connectivity index (χ1n) is 13.4. The molecule has 0 aliphatic heterocycles. The third kappa shape index (κ3) is 4.52. The molecule has 5 heteroatoms. The topological polar surface area (TPSA) is 43.4 Å². The maximum absolute atomic E-state index is 13.6. The van der Waals surface area contributed by atoms with Crippen LogP contribution >= 0.6 is 23.4 Å². The monoisotopic (exact) mass is 514 g/mol. The number of rotatable bonds is 4. The van der Waals surface area contributed by atoms with E-state index < -0.39 is 0 Å². The fourth-order valence-electron chi connectivity index (χ4n) is 8.41. The van der Waals surface area contributed by atoms with E-state index in [0.717, 1.165) is 43.5 Å². The van der Waals surface area contributed by atoms with E-state index >= 15 is 0 Å². The molecule has 0 heterocycles. The van der Waals surface area contributed by atoms with E-state index in [0.29, 0.717) is 22.9 Å². The van der Waals surface area contributed by atoms with Gasteiger partial charge in [0.25, 0.3) is 0 Å². The van der Waals surface area contributed by atoms with Gasteiger partial charge in [0.1, 0.15) is 6.10 Å². The van der Waals surface area contributed by atoms with E-state index in [2.05, 4.69) is 26.8 Å². The predicted octanol–water partition coefficient (Wildman–Crippen LogP) is 8.17. The highest BCUT2D eigenvalue weighted by molar-refractivity contribution is 8.13. The Morgan fingerprint density at radius 1 is 1.06 bits per heavy atom. The highest BCUT2D eigenvalue weighted by Gasteiger charge is 2.60. The van der Waals surface area contributed by atoms with Crippen molar-refractivity contribution in [2.24, 2.45) is 34.5 Å². The molecule has 0 aromatic heterocycles. The highest BCUT2D eigenvalue weighted by atomic mass is 35.5. The summed E-state index contributed by atoms with van der Waals surface area (Å²) in [5.41, 5.74) is 3.03. The first kappa shape index (κ1) is 25.4. The minimum Gasteiger partial charge on any atom is -0.462 e. The zero-order chi connectivity index (χ0) is 25.0. The van der Waals surface area contributed by atoms with Gasteiger partial charge in [-0.05, 0) is 98.1 Å². The van der Waals surface area contributed by atoms with Gasteiger partial charge in [-0.1, -0.05) is 61.0 Å². The van der Waals surface area contributed by atoms with Crippen molar-refractivity contribution >= 4 is 34.4 Å². The fraction of sp³-hybridized carbons (Fsp3) is 0.667. The molecule has 3 fully saturated rings. The number of fused-ring (bicyclic) bond motifs is 5. The summed E-state index contributed by atoms with van der Waals surface area (Å²) in [6.45, 7) is 8.56. The Bertz CT molecular complexity index is 1020. The van der Waals surface area contributed by atoms with Crippen LogP contribution in [0.15, 0.2) is 35.9 Å². The molecule has 0 unspecified atom stereocenters. The second-order valence-electron chi connectivity index (χ2n) is 12.0. The van der Waals surface area contributed by atoms with E-state index in [1.54, 1.807) is 0 Å². The summed E-state index contributed by atoms with van der Waals surface area (Å²) in [6, 6.07) is 7.91. The highest BCUT2D eigenvalue weighted by Crippen LogP contribution is 2.67. The van der Waals surface area contributed by atoms with Crippen molar-refractivity contribution in [3.63, 3.8) is 0 Å². The third-order valence-corrected chi connectivity index (χ3v) is 11.7. The van der Waals surface area contributed by atoms with E-state index in [4.69, 9.17) is 16.3 Å². The van der Waals surface area contributed by atoms with Crippen LogP contribution in [0.3, 0.4) is 0 Å². The number of carbonyl (C=O) groups is 2. The van der Waals surface area contributed by atoms with Crippen LogP contribution in [0.5, 0.6) is 0 Å². The Labute approximate surface area is 219 Å². The van der Waals surface area contributed by atoms with Gasteiger partial charge in [0.15, 0.2) is 5.12 Å². The summed E-state index contributed by atoms with van der Waals surface area (Å²) in [4.78, 5) is 25.1. The summed E-state index contributed by atoms with van der Waals surface area (Å²) in [5, 5.41) is 1.26. The molecule has 1 aromatic carbocycles. The van der Waals surface area contributed by atoms with Gasteiger partial charge in [-0.2, -0.15) is 0 Å². The number of benzene rings is 1. The van der Waals surface area contributed by atoms with Gasteiger partial charge >= 0.3 is 5.97 Å². The summed E-state index contributed by atoms with van der Waals surface area (Å²) in [6.07, 6.45) is 11.2. The van der Waals surface area contributed by atoms with Gasteiger partial charge in [0, 0.05) is 29.5 Å². The van der Waals surface area contributed by atoms with Crippen LogP contribution < -0.4 is 0 Å². The Balaban J connectivity index is 1.30. The van der Waals surface area contributed by atoms with Gasteiger partial charge in [-0.25, -0.2) is 0 Å². The Morgan fingerprint density at radius 3 is 2.51 bits per heavy atom. The summed E-state index contributed by atoms with van der Waals surface area (Å²) >= 11 is 7.58. The van der Waals surface area contributed by atoms with Crippen molar-refractivity contribution in [1.82, 2.24) is 0 Å². The van der Waals surface area contributed by atoms with Crippen LogP contribution in [-0.2, 0) is 14.3 Å². The quantitative estimate of drug-likeness (QED) is 0.300. The number of hydrogen-bond donors (Lipinski definition) is 0. The standard InChI is InChI=1S/C30H39ClO3S/c1-18(20-5-8-22(31)9-6-20)35-28(33)27-12-11-25-24-10-7-21-17-23(34-19(2)32)13-15-29(21,3)26(24)14-16-30(25,27)4/h5-9,18,23-27H,10-17H2,1-4H3/t18-,23-,24-,25-,26-,27+,29-,30-/m0/s1. The lowest BCUT2D eigenvalue weighted by molar-refractivity contribution is -0.148. The van der Waals surface area contributed by atoms with Gasteiger partial charge in [0.2, 0.25) is 0 Å². The molecule has 0 saturated heterocycles. The molecule has 3 nitrogen and oxygen atoms in total. The maximum atomic E-state index is 13.6. The lowest BCUT2D eigenvalue weighted by Gasteiger charge is -2.58. The molecule has 3 saturated carbocycles. The zero-order valence-electron chi connectivity index (χ0n) is 21.5. The number of hydrogen-bond acceptors (Lipinski definition) is 4. The largest absolute Gasteiger partial charge is 0.462 e.